The maximum absolute atomic E-state index is 12.9. The van der Waals surface area contributed by atoms with Gasteiger partial charge >= 0.3 is 5.97 Å². The smallest absolute Gasteiger partial charge is 0.340 e. The number of rotatable bonds is 6. The highest BCUT2D eigenvalue weighted by atomic mass is 32.2. The molecule has 0 aliphatic heterocycles. The van der Waals surface area contributed by atoms with Gasteiger partial charge in [0.25, 0.3) is 0 Å². The molecule has 32 heavy (non-hydrogen) atoms. The van der Waals surface area contributed by atoms with Gasteiger partial charge in [0.2, 0.25) is 5.60 Å². The molecule has 0 bridgehead atoms. The molecular weight excluding hydrogens is 416 g/mol. The SMILES string of the molecule is CC#CC(C)(OC(=O)c1ccc([S+](c2ccccc2)c2ccccc2)cc1)c1ccco1. The van der Waals surface area contributed by atoms with Gasteiger partial charge in [-0.25, -0.2) is 4.79 Å². The van der Waals surface area contributed by atoms with E-state index in [1.807, 2.05) is 60.7 Å². The molecule has 4 aromatic rings. The minimum absolute atomic E-state index is 0.272. The van der Waals surface area contributed by atoms with Crippen LogP contribution in [0.2, 0.25) is 0 Å². The summed E-state index contributed by atoms with van der Waals surface area (Å²) in [6.07, 6.45) is 1.54. The molecule has 0 aliphatic carbocycles. The van der Waals surface area contributed by atoms with E-state index in [0.29, 0.717) is 11.3 Å². The summed E-state index contributed by atoms with van der Waals surface area (Å²) in [6.45, 7) is 3.44. The third-order valence-corrected chi connectivity index (χ3v) is 7.17. The summed E-state index contributed by atoms with van der Waals surface area (Å²) < 4.78 is 11.2. The lowest BCUT2D eigenvalue weighted by Crippen LogP contribution is -2.27. The van der Waals surface area contributed by atoms with Crippen molar-refractivity contribution in [2.45, 2.75) is 34.1 Å². The van der Waals surface area contributed by atoms with Crippen LogP contribution >= 0.6 is 0 Å². The average Bonchev–Trinajstić information content (AvgIpc) is 3.37. The van der Waals surface area contributed by atoms with E-state index < -0.39 is 11.6 Å². The first-order valence-electron chi connectivity index (χ1n) is 10.3. The molecule has 0 N–H and O–H groups in total. The van der Waals surface area contributed by atoms with Crippen LogP contribution in [0.25, 0.3) is 0 Å². The van der Waals surface area contributed by atoms with Crippen LogP contribution in [0.4, 0.5) is 0 Å². The van der Waals surface area contributed by atoms with Gasteiger partial charge in [0.15, 0.2) is 20.4 Å². The zero-order valence-electron chi connectivity index (χ0n) is 17.9. The lowest BCUT2D eigenvalue weighted by Gasteiger charge is -2.21. The number of esters is 1. The molecule has 4 rings (SSSR count). The normalized spacial score (nSPS) is 12.5. The van der Waals surface area contributed by atoms with Crippen LogP contribution in [-0.4, -0.2) is 5.97 Å². The average molecular weight is 440 g/mol. The Kier molecular flexibility index (Phi) is 6.49. The van der Waals surface area contributed by atoms with Gasteiger partial charge in [0, 0.05) is 0 Å². The number of carbonyl (C=O) groups is 1. The van der Waals surface area contributed by atoms with Gasteiger partial charge in [-0.15, -0.1) is 5.92 Å². The van der Waals surface area contributed by atoms with E-state index in [-0.39, 0.29) is 10.9 Å². The minimum Gasteiger partial charge on any atom is -0.464 e. The van der Waals surface area contributed by atoms with Gasteiger partial charge in [-0.05, 0) is 80.4 Å². The largest absolute Gasteiger partial charge is 0.464 e. The number of carbonyl (C=O) groups excluding carboxylic acids is 1. The Hall–Kier alpha value is -3.68. The summed E-state index contributed by atoms with van der Waals surface area (Å²) in [6, 6.07) is 31.9. The second-order valence-electron chi connectivity index (χ2n) is 7.23. The van der Waals surface area contributed by atoms with Crippen LogP contribution in [0.15, 0.2) is 122 Å². The molecule has 0 fully saturated rings. The van der Waals surface area contributed by atoms with Crippen molar-refractivity contribution < 1.29 is 13.9 Å². The van der Waals surface area contributed by atoms with E-state index in [4.69, 9.17) is 9.15 Å². The highest BCUT2D eigenvalue weighted by molar-refractivity contribution is 7.97. The number of furan rings is 1. The standard InChI is InChI=1S/C28H23O3S/c1-3-20-28(2,26-15-10-21-30-26)31-27(29)22-16-18-25(19-17-22)32(23-11-6-4-7-12-23)24-13-8-5-9-14-24/h4-19,21H,1-2H3/q+1. The van der Waals surface area contributed by atoms with Crippen molar-refractivity contribution in [3.8, 4) is 11.8 Å². The molecule has 1 heterocycles. The third kappa shape index (κ3) is 4.64. The highest BCUT2D eigenvalue weighted by Gasteiger charge is 2.33. The van der Waals surface area contributed by atoms with Crippen LogP contribution in [-0.2, 0) is 21.2 Å². The number of hydrogen-bond acceptors (Lipinski definition) is 3. The first-order valence-corrected chi connectivity index (χ1v) is 11.5. The summed E-state index contributed by atoms with van der Waals surface area (Å²) in [7, 11) is -0.272. The molecule has 0 radical (unpaired) electrons. The molecule has 0 spiro atoms. The fourth-order valence-electron chi connectivity index (χ4n) is 3.42. The van der Waals surface area contributed by atoms with Crippen LogP contribution in [0.5, 0.6) is 0 Å². The summed E-state index contributed by atoms with van der Waals surface area (Å²) >= 11 is 0. The molecule has 0 saturated carbocycles. The van der Waals surface area contributed by atoms with Gasteiger partial charge in [0.05, 0.1) is 22.7 Å². The molecule has 3 aromatic carbocycles. The molecule has 0 amide bonds. The Bertz CT molecular complexity index is 1180. The van der Waals surface area contributed by atoms with Gasteiger partial charge < -0.3 is 9.15 Å². The van der Waals surface area contributed by atoms with Crippen LogP contribution < -0.4 is 0 Å². The van der Waals surface area contributed by atoms with Gasteiger partial charge in [-0.3, -0.25) is 0 Å². The van der Waals surface area contributed by atoms with E-state index in [1.54, 1.807) is 32.2 Å². The second-order valence-corrected chi connectivity index (χ2v) is 9.26. The van der Waals surface area contributed by atoms with Crippen molar-refractivity contribution in [1.29, 1.82) is 0 Å². The first kappa shape index (κ1) is 21.5. The summed E-state index contributed by atoms with van der Waals surface area (Å²) in [5, 5.41) is 0. The zero-order chi connectivity index (χ0) is 22.4. The van der Waals surface area contributed by atoms with Crippen molar-refractivity contribution in [2.75, 3.05) is 0 Å². The first-order chi connectivity index (χ1) is 15.6. The Morgan fingerprint density at radius 3 is 1.88 bits per heavy atom. The van der Waals surface area contributed by atoms with Crippen molar-refractivity contribution in [1.82, 2.24) is 0 Å². The van der Waals surface area contributed by atoms with E-state index in [2.05, 4.69) is 36.1 Å². The van der Waals surface area contributed by atoms with Gasteiger partial charge in [-0.1, -0.05) is 36.4 Å². The van der Waals surface area contributed by atoms with Crippen LogP contribution in [0.1, 0.15) is 30.0 Å². The maximum atomic E-state index is 12.9. The van der Waals surface area contributed by atoms with Gasteiger partial charge in [-0.2, -0.15) is 0 Å². The Morgan fingerprint density at radius 1 is 0.812 bits per heavy atom. The molecule has 0 aliphatic rings. The van der Waals surface area contributed by atoms with Crippen molar-refractivity contribution in [3.63, 3.8) is 0 Å². The minimum atomic E-state index is -1.15. The van der Waals surface area contributed by atoms with Gasteiger partial charge in [0.1, 0.15) is 0 Å². The highest BCUT2D eigenvalue weighted by Crippen LogP contribution is 2.32. The number of hydrogen-bond donors (Lipinski definition) is 0. The lowest BCUT2D eigenvalue weighted by molar-refractivity contribution is 0.00524. The molecule has 158 valence electrons. The predicted molar refractivity (Wildman–Crippen MR) is 126 cm³/mol. The van der Waals surface area contributed by atoms with Crippen molar-refractivity contribution in [3.05, 3.63) is 115 Å². The molecular formula is C28H23O3S+. The molecule has 1 atom stereocenters. The second kappa shape index (κ2) is 9.64. The topological polar surface area (TPSA) is 39.4 Å². The van der Waals surface area contributed by atoms with E-state index >= 15 is 0 Å². The zero-order valence-corrected chi connectivity index (χ0v) is 18.8. The molecule has 3 nitrogen and oxygen atoms in total. The number of benzene rings is 3. The molecule has 1 aromatic heterocycles. The van der Waals surface area contributed by atoms with E-state index in [0.717, 1.165) is 4.90 Å². The summed E-state index contributed by atoms with van der Waals surface area (Å²) in [5.74, 6) is 5.82. The Labute approximate surface area is 191 Å². The van der Waals surface area contributed by atoms with Crippen molar-refractivity contribution >= 4 is 16.9 Å². The number of ether oxygens (including phenoxy) is 1. The Balaban J connectivity index is 1.62. The fourth-order valence-corrected chi connectivity index (χ4v) is 5.50. The van der Waals surface area contributed by atoms with Crippen LogP contribution in [0, 0.1) is 11.8 Å². The lowest BCUT2D eigenvalue weighted by atomic mass is 10.0. The Morgan fingerprint density at radius 2 is 1.38 bits per heavy atom. The third-order valence-electron chi connectivity index (χ3n) is 4.94. The monoisotopic (exact) mass is 439 g/mol. The van der Waals surface area contributed by atoms with Crippen LogP contribution in [0.3, 0.4) is 0 Å². The molecule has 1 unspecified atom stereocenters. The fraction of sp³-hybridized carbons (Fsp3) is 0.107. The summed E-state index contributed by atoms with van der Waals surface area (Å²) in [4.78, 5) is 16.5. The van der Waals surface area contributed by atoms with Crippen molar-refractivity contribution in [2.24, 2.45) is 0 Å². The summed E-state index contributed by atoms with van der Waals surface area (Å²) in [5.41, 5.74) is -0.680. The quantitative estimate of drug-likeness (QED) is 0.196. The van der Waals surface area contributed by atoms with E-state index in [9.17, 15) is 4.79 Å². The molecule has 0 saturated heterocycles. The molecule has 4 heteroatoms. The maximum Gasteiger partial charge on any atom is 0.340 e. The van der Waals surface area contributed by atoms with E-state index in [1.165, 1.54) is 9.79 Å². The predicted octanol–water partition coefficient (Wildman–Crippen LogP) is 6.47.